The summed E-state index contributed by atoms with van der Waals surface area (Å²) in [6.45, 7) is 7.87. The Balaban J connectivity index is 2.16. The van der Waals surface area contributed by atoms with E-state index in [0.29, 0.717) is 12.8 Å². The quantitative estimate of drug-likeness (QED) is 0.534. The number of hydrogen-bond acceptors (Lipinski definition) is 8. The Hall–Kier alpha value is -1.51. The van der Waals surface area contributed by atoms with E-state index >= 15 is 0 Å². The van der Waals surface area contributed by atoms with Crippen LogP contribution in [0.15, 0.2) is 0 Å². The molecule has 8 heteroatoms. The SMILES string of the molecule is CC(=O)OC[C@@H](O)[C@]1(C)C[C@@H](OC(=O)CO)[C@@]2(C)C3C(=O)CC[C@@]3(CC[C@H]2C)[C@@H](C)[C@@H]1O. The summed E-state index contributed by atoms with van der Waals surface area (Å²) in [5, 5.41) is 32.1. The standard InChI is InChI=1S/C24H38O8/c1-13-6-8-24-9-7-16(27)20(24)23(13,5)18(32-19(29)11-25)10-22(4,21(30)14(24)2)17(28)12-31-15(3)26/h13-14,17-18,20-21,25,28,30H,6-12H2,1-5H3/t13-,14+,17-,18-,20?,21+,22+,23+,24+/m1/s1. The van der Waals surface area contributed by atoms with Crippen LogP contribution < -0.4 is 0 Å². The van der Waals surface area contributed by atoms with Gasteiger partial charge in [-0.2, -0.15) is 0 Å². The molecular weight excluding hydrogens is 416 g/mol. The molecule has 3 N–H and O–H groups in total. The Morgan fingerprint density at radius 2 is 1.88 bits per heavy atom. The summed E-state index contributed by atoms with van der Waals surface area (Å²) in [4.78, 5) is 36.9. The third-order valence-corrected chi connectivity index (χ3v) is 9.44. The molecular formula is C24H38O8. The van der Waals surface area contributed by atoms with E-state index in [1.54, 1.807) is 6.92 Å². The zero-order valence-corrected chi connectivity index (χ0v) is 19.8. The number of carbonyl (C=O) groups excluding carboxylic acids is 3. The first-order valence-corrected chi connectivity index (χ1v) is 11.7. The van der Waals surface area contributed by atoms with Crippen LogP contribution >= 0.6 is 0 Å². The minimum absolute atomic E-state index is 0.0523. The second kappa shape index (κ2) is 8.69. The first-order chi connectivity index (χ1) is 14.8. The zero-order chi connectivity index (χ0) is 24.1. The molecule has 0 spiro atoms. The van der Waals surface area contributed by atoms with Crippen LogP contribution in [0.3, 0.4) is 0 Å². The molecule has 32 heavy (non-hydrogen) atoms. The molecule has 9 atom stereocenters. The molecule has 182 valence electrons. The van der Waals surface area contributed by atoms with Crippen molar-refractivity contribution in [1.82, 2.24) is 0 Å². The van der Waals surface area contributed by atoms with Gasteiger partial charge in [-0.3, -0.25) is 9.59 Å². The first kappa shape index (κ1) is 25.1. The van der Waals surface area contributed by atoms with Gasteiger partial charge in [0.25, 0.3) is 0 Å². The highest BCUT2D eigenvalue weighted by atomic mass is 16.6. The lowest BCUT2D eigenvalue weighted by Crippen LogP contribution is -2.65. The number of rotatable bonds is 5. The van der Waals surface area contributed by atoms with Crippen LogP contribution in [0, 0.1) is 34.0 Å². The molecule has 3 aliphatic rings. The highest BCUT2D eigenvalue weighted by Gasteiger charge is 2.69. The van der Waals surface area contributed by atoms with Gasteiger partial charge in [-0.15, -0.1) is 0 Å². The fourth-order valence-corrected chi connectivity index (χ4v) is 7.21. The first-order valence-electron chi connectivity index (χ1n) is 11.7. The molecule has 8 nitrogen and oxygen atoms in total. The number of carbonyl (C=O) groups is 3. The Bertz CT molecular complexity index is 767. The fraction of sp³-hybridized carbons (Fsp3) is 0.875. The normalized spacial score (nSPS) is 44.8. The largest absolute Gasteiger partial charge is 0.463 e. The summed E-state index contributed by atoms with van der Waals surface area (Å²) in [6.07, 6.45) is -0.285. The summed E-state index contributed by atoms with van der Waals surface area (Å²) < 4.78 is 10.8. The summed E-state index contributed by atoms with van der Waals surface area (Å²) in [6, 6.07) is 0. The van der Waals surface area contributed by atoms with Crippen LogP contribution in [0.5, 0.6) is 0 Å². The molecule has 0 aromatic carbocycles. The van der Waals surface area contributed by atoms with E-state index in [1.165, 1.54) is 6.92 Å². The number of ether oxygens (including phenoxy) is 2. The summed E-state index contributed by atoms with van der Waals surface area (Å²) in [5.74, 6) is -1.83. The van der Waals surface area contributed by atoms with Crippen molar-refractivity contribution in [2.24, 2.45) is 34.0 Å². The lowest BCUT2D eigenvalue weighted by Gasteiger charge is -2.62. The third kappa shape index (κ3) is 3.68. The monoisotopic (exact) mass is 454 g/mol. The van der Waals surface area contributed by atoms with Gasteiger partial charge >= 0.3 is 11.9 Å². The molecule has 3 fully saturated rings. The topological polar surface area (TPSA) is 130 Å². The van der Waals surface area contributed by atoms with Crippen molar-refractivity contribution >= 4 is 17.7 Å². The van der Waals surface area contributed by atoms with Gasteiger partial charge in [-0.1, -0.05) is 27.7 Å². The molecule has 2 bridgehead atoms. The van der Waals surface area contributed by atoms with E-state index in [1.807, 2.05) is 13.8 Å². The van der Waals surface area contributed by atoms with Crippen LogP contribution in [0.4, 0.5) is 0 Å². The molecule has 3 saturated carbocycles. The summed E-state index contributed by atoms with van der Waals surface area (Å²) >= 11 is 0. The number of aliphatic hydroxyl groups is 3. The van der Waals surface area contributed by atoms with E-state index in [-0.39, 0.29) is 36.6 Å². The highest BCUT2D eigenvalue weighted by molar-refractivity contribution is 5.85. The van der Waals surface area contributed by atoms with Gasteiger partial charge in [-0.25, -0.2) is 4.79 Å². The Morgan fingerprint density at radius 1 is 1.22 bits per heavy atom. The van der Waals surface area contributed by atoms with Crippen LogP contribution in [0.1, 0.15) is 66.7 Å². The molecule has 0 aromatic rings. The van der Waals surface area contributed by atoms with Gasteiger partial charge in [0.2, 0.25) is 0 Å². The van der Waals surface area contributed by atoms with Gasteiger partial charge in [0.15, 0.2) is 0 Å². The van der Waals surface area contributed by atoms with Gasteiger partial charge in [0, 0.05) is 30.1 Å². The molecule has 0 saturated heterocycles. The summed E-state index contributed by atoms with van der Waals surface area (Å²) in [5.41, 5.74) is -2.35. The predicted octanol–water partition coefficient (Wildman–Crippen LogP) is 1.62. The second-order valence-electron chi connectivity index (χ2n) is 10.8. The maximum absolute atomic E-state index is 13.3. The van der Waals surface area contributed by atoms with Crippen molar-refractivity contribution in [3.8, 4) is 0 Å². The lowest BCUT2D eigenvalue weighted by molar-refractivity contribution is -0.227. The van der Waals surface area contributed by atoms with Gasteiger partial charge in [0.05, 0.1) is 12.2 Å². The average Bonchev–Trinajstić information content (AvgIpc) is 3.10. The molecule has 3 rings (SSSR count). The van der Waals surface area contributed by atoms with Crippen LogP contribution in [-0.2, 0) is 23.9 Å². The number of hydrogen-bond donors (Lipinski definition) is 3. The number of esters is 2. The molecule has 0 radical (unpaired) electrons. The Morgan fingerprint density at radius 3 is 2.47 bits per heavy atom. The van der Waals surface area contributed by atoms with Crippen molar-refractivity contribution < 1.29 is 39.2 Å². The smallest absolute Gasteiger partial charge is 0.332 e. The highest BCUT2D eigenvalue weighted by Crippen LogP contribution is 2.68. The van der Waals surface area contributed by atoms with Gasteiger partial charge in [0.1, 0.15) is 25.1 Å². The van der Waals surface area contributed by atoms with Gasteiger partial charge < -0.3 is 24.8 Å². The lowest BCUT2D eigenvalue weighted by atomic mass is 9.43. The van der Waals surface area contributed by atoms with E-state index < -0.39 is 53.1 Å². The van der Waals surface area contributed by atoms with Crippen molar-refractivity contribution in [2.75, 3.05) is 13.2 Å². The molecule has 3 aliphatic carbocycles. The minimum atomic E-state index is -1.20. The Labute approximate surface area is 189 Å². The van der Waals surface area contributed by atoms with Crippen molar-refractivity contribution in [2.45, 2.75) is 85.0 Å². The molecule has 0 amide bonds. The predicted molar refractivity (Wildman–Crippen MR) is 114 cm³/mol. The van der Waals surface area contributed by atoms with Gasteiger partial charge in [-0.05, 0) is 42.9 Å². The van der Waals surface area contributed by atoms with Crippen molar-refractivity contribution in [3.05, 3.63) is 0 Å². The average molecular weight is 455 g/mol. The molecule has 0 heterocycles. The zero-order valence-electron chi connectivity index (χ0n) is 19.8. The number of ketones is 1. The van der Waals surface area contributed by atoms with E-state index in [9.17, 15) is 29.7 Å². The van der Waals surface area contributed by atoms with Crippen LogP contribution in [-0.4, -0.2) is 64.6 Å². The maximum atomic E-state index is 13.3. The van der Waals surface area contributed by atoms with E-state index in [0.717, 1.165) is 12.8 Å². The van der Waals surface area contributed by atoms with Crippen LogP contribution in [0.25, 0.3) is 0 Å². The fourth-order valence-electron chi connectivity index (χ4n) is 7.21. The van der Waals surface area contributed by atoms with Crippen LogP contribution in [0.2, 0.25) is 0 Å². The molecule has 0 aromatic heterocycles. The van der Waals surface area contributed by atoms with E-state index in [4.69, 9.17) is 9.47 Å². The summed E-state index contributed by atoms with van der Waals surface area (Å²) in [7, 11) is 0. The Kier molecular flexibility index (Phi) is 6.82. The number of aliphatic hydroxyl groups excluding tert-OH is 3. The molecule has 1 unspecified atom stereocenters. The number of Topliss-reactive ketones (excluding diaryl/α,β-unsaturated/α-hetero) is 1. The van der Waals surface area contributed by atoms with Crippen molar-refractivity contribution in [3.63, 3.8) is 0 Å². The molecule has 0 aliphatic heterocycles. The minimum Gasteiger partial charge on any atom is -0.463 e. The second-order valence-corrected chi connectivity index (χ2v) is 10.8. The van der Waals surface area contributed by atoms with Crippen molar-refractivity contribution in [1.29, 1.82) is 0 Å². The van der Waals surface area contributed by atoms with E-state index in [2.05, 4.69) is 6.92 Å². The third-order valence-electron chi connectivity index (χ3n) is 9.44. The maximum Gasteiger partial charge on any atom is 0.332 e.